The van der Waals surface area contributed by atoms with Gasteiger partial charge < -0.3 is 16.8 Å². The second-order valence-corrected chi connectivity index (χ2v) is 6.58. The number of hydrogen-bond acceptors (Lipinski definition) is 3. The molecule has 1 aromatic carbocycles. The van der Waals surface area contributed by atoms with Crippen LogP contribution in [0.5, 0.6) is 0 Å². The lowest BCUT2D eigenvalue weighted by atomic mass is 9.67. The highest BCUT2D eigenvalue weighted by molar-refractivity contribution is 5.94. The van der Waals surface area contributed by atoms with Gasteiger partial charge in [0.2, 0.25) is 0 Å². The minimum absolute atomic E-state index is 0.0379. The van der Waals surface area contributed by atoms with Crippen LogP contribution in [0.2, 0.25) is 0 Å². The zero-order chi connectivity index (χ0) is 14.8. The first kappa shape index (κ1) is 14.5. The molecule has 0 saturated heterocycles. The van der Waals surface area contributed by atoms with Crippen LogP contribution >= 0.6 is 0 Å². The molecule has 2 aliphatic rings. The smallest absolute Gasteiger partial charge is 0.251 e. The van der Waals surface area contributed by atoms with Crippen LogP contribution < -0.4 is 16.8 Å². The summed E-state index contributed by atoms with van der Waals surface area (Å²) in [7, 11) is 0. The molecule has 21 heavy (non-hydrogen) atoms. The first-order valence-corrected chi connectivity index (χ1v) is 8.03. The van der Waals surface area contributed by atoms with Crippen molar-refractivity contribution in [3.63, 3.8) is 0 Å². The van der Waals surface area contributed by atoms with E-state index in [4.69, 9.17) is 11.5 Å². The van der Waals surface area contributed by atoms with Crippen molar-refractivity contribution < 1.29 is 4.79 Å². The van der Waals surface area contributed by atoms with Crippen molar-refractivity contribution in [3.8, 4) is 0 Å². The quantitative estimate of drug-likeness (QED) is 0.792. The number of carbonyl (C=O) groups excluding carboxylic acids is 1. The highest BCUT2D eigenvalue weighted by Crippen LogP contribution is 2.39. The third-order valence-corrected chi connectivity index (χ3v) is 5.13. The maximum atomic E-state index is 12.5. The summed E-state index contributed by atoms with van der Waals surface area (Å²) in [6.07, 6.45) is 5.77. The second kappa shape index (κ2) is 6.16. The van der Waals surface area contributed by atoms with E-state index in [-0.39, 0.29) is 5.91 Å². The van der Waals surface area contributed by atoms with Gasteiger partial charge in [-0.1, -0.05) is 18.6 Å². The lowest BCUT2D eigenvalue weighted by Crippen LogP contribution is -2.53. The SMILES string of the molecule is NCc1ccc(C(=O)NC2C3CCCC2CC(N)C3)cc1. The number of benzene rings is 1. The largest absolute Gasteiger partial charge is 0.349 e. The number of hydrogen-bond donors (Lipinski definition) is 3. The topological polar surface area (TPSA) is 81.1 Å². The summed E-state index contributed by atoms with van der Waals surface area (Å²) in [6.45, 7) is 0.507. The van der Waals surface area contributed by atoms with E-state index in [2.05, 4.69) is 5.32 Å². The molecule has 2 bridgehead atoms. The zero-order valence-electron chi connectivity index (χ0n) is 12.4. The molecule has 2 atom stereocenters. The van der Waals surface area contributed by atoms with Crippen molar-refractivity contribution in [3.05, 3.63) is 35.4 Å². The highest BCUT2D eigenvalue weighted by atomic mass is 16.1. The molecule has 0 heterocycles. The van der Waals surface area contributed by atoms with E-state index in [0.717, 1.165) is 24.0 Å². The van der Waals surface area contributed by atoms with Crippen LogP contribution in [-0.4, -0.2) is 18.0 Å². The summed E-state index contributed by atoms with van der Waals surface area (Å²) in [5.74, 6) is 1.15. The van der Waals surface area contributed by atoms with E-state index >= 15 is 0 Å². The minimum atomic E-state index is 0.0379. The molecule has 2 unspecified atom stereocenters. The van der Waals surface area contributed by atoms with Gasteiger partial charge in [-0.15, -0.1) is 0 Å². The summed E-state index contributed by atoms with van der Waals surface area (Å²) in [4.78, 5) is 12.5. The van der Waals surface area contributed by atoms with E-state index in [0.29, 0.717) is 30.5 Å². The maximum Gasteiger partial charge on any atom is 0.251 e. The van der Waals surface area contributed by atoms with Crippen LogP contribution in [0.15, 0.2) is 24.3 Å². The Kier molecular flexibility index (Phi) is 4.27. The Bertz CT molecular complexity index is 485. The minimum Gasteiger partial charge on any atom is -0.349 e. The molecule has 0 aromatic heterocycles. The van der Waals surface area contributed by atoms with Crippen LogP contribution in [0, 0.1) is 11.8 Å². The van der Waals surface area contributed by atoms with Gasteiger partial charge >= 0.3 is 0 Å². The van der Waals surface area contributed by atoms with Gasteiger partial charge in [-0.2, -0.15) is 0 Å². The molecule has 5 N–H and O–H groups in total. The molecule has 114 valence electrons. The van der Waals surface area contributed by atoms with Gasteiger partial charge in [-0.25, -0.2) is 0 Å². The molecule has 2 aliphatic carbocycles. The van der Waals surface area contributed by atoms with Crippen molar-refractivity contribution in [2.45, 2.75) is 50.7 Å². The fourth-order valence-electron chi connectivity index (χ4n) is 4.05. The van der Waals surface area contributed by atoms with Crippen molar-refractivity contribution >= 4 is 5.91 Å². The Morgan fingerprint density at radius 3 is 2.33 bits per heavy atom. The predicted molar refractivity (Wildman–Crippen MR) is 83.6 cm³/mol. The van der Waals surface area contributed by atoms with Crippen molar-refractivity contribution in [2.24, 2.45) is 23.3 Å². The van der Waals surface area contributed by atoms with Gasteiger partial charge in [-0.3, -0.25) is 4.79 Å². The van der Waals surface area contributed by atoms with E-state index in [1.54, 1.807) is 0 Å². The molecule has 0 aliphatic heterocycles. The molecule has 0 spiro atoms. The Morgan fingerprint density at radius 2 is 1.76 bits per heavy atom. The average molecular weight is 287 g/mol. The zero-order valence-corrected chi connectivity index (χ0v) is 12.4. The number of fused-ring (bicyclic) bond motifs is 2. The van der Waals surface area contributed by atoms with E-state index < -0.39 is 0 Å². The third-order valence-electron chi connectivity index (χ3n) is 5.13. The summed E-state index contributed by atoms with van der Waals surface area (Å²) < 4.78 is 0. The molecule has 2 saturated carbocycles. The van der Waals surface area contributed by atoms with Gasteiger partial charge in [0, 0.05) is 24.2 Å². The summed E-state index contributed by atoms with van der Waals surface area (Å²) in [5.41, 5.74) is 13.5. The summed E-state index contributed by atoms with van der Waals surface area (Å²) >= 11 is 0. The molecule has 0 radical (unpaired) electrons. The standard InChI is InChI=1S/C17H25N3O/c18-10-11-4-6-12(7-5-11)17(21)20-16-13-2-1-3-14(16)9-15(19)8-13/h4-7,13-16H,1-3,8-10,18-19H2,(H,20,21). The number of nitrogens with two attached hydrogens (primary N) is 2. The molecule has 2 fully saturated rings. The van der Waals surface area contributed by atoms with Crippen LogP contribution in [0.1, 0.15) is 48.0 Å². The fourth-order valence-corrected chi connectivity index (χ4v) is 4.05. The Hall–Kier alpha value is -1.39. The lowest BCUT2D eigenvalue weighted by Gasteiger charge is -2.45. The number of nitrogens with one attached hydrogen (secondary N) is 1. The molecule has 1 amide bonds. The van der Waals surface area contributed by atoms with Gasteiger partial charge in [0.05, 0.1) is 0 Å². The van der Waals surface area contributed by atoms with Crippen LogP contribution in [-0.2, 0) is 6.54 Å². The molecular formula is C17H25N3O. The number of amides is 1. The lowest BCUT2D eigenvalue weighted by molar-refractivity contribution is 0.0756. The number of rotatable bonds is 3. The van der Waals surface area contributed by atoms with Gasteiger partial charge in [0.1, 0.15) is 0 Å². The normalized spacial score (nSPS) is 31.7. The Labute approximate surface area is 126 Å². The molecule has 4 nitrogen and oxygen atoms in total. The van der Waals surface area contributed by atoms with E-state index in [1.807, 2.05) is 24.3 Å². The first-order chi connectivity index (χ1) is 10.2. The second-order valence-electron chi connectivity index (χ2n) is 6.58. The maximum absolute atomic E-state index is 12.5. The van der Waals surface area contributed by atoms with Crippen molar-refractivity contribution in [1.82, 2.24) is 5.32 Å². The summed E-state index contributed by atoms with van der Waals surface area (Å²) in [5, 5.41) is 3.27. The van der Waals surface area contributed by atoms with E-state index in [9.17, 15) is 4.79 Å². The summed E-state index contributed by atoms with van der Waals surface area (Å²) in [6, 6.07) is 8.19. The van der Waals surface area contributed by atoms with Gasteiger partial charge in [0.25, 0.3) is 5.91 Å². The molecular weight excluding hydrogens is 262 g/mol. The Balaban J connectivity index is 1.68. The highest BCUT2D eigenvalue weighted by Gasteiger charge is 2.39. The van der Waals surface area contributed by atoms with Crippen LogP contribution in [0.4, 0.5) is 0 Å². The molecule has 3 rings (SSSR count). The number of carbonyl (C=O) groups is 1. The molecule has 1 aromatic rings. The third kappa shape index (κ3) is 3.11. The molecule has 4 heteroatoms. The fraction of sp³-hybridized carbons (Fsp3) is 0.588. The first-order valence-electron chi connectivity index (χ1n) is 8.03. The monoisotopic (exact) mass is 287 g/mol. The Morgan fingerprint density at radius 1 is 1.14 bits per heavy atom. The average Bonchev–Trinajstić information content (AvgIpc) is 2.48. The van der Waals surface area contributed by atoms with Gasteiger partial charge in [-0.05, 0) is 55.2 Å². The van der Waals surface area contributed by atoms with Gasteiger partial charge in [0.15, 0.2) is 0 Å². The van der Waals surface area contributed by atoms with E-state index in [1.165, 1.54) is 19.3 Å². The van der Waals surface area contributed by atoms with Crippen LogP contribution in [0.3, 0.4) is 0 Å². The predicted octanol–water partition coefficient (Wildman–Crippen LogP) is 1.78. The van der Waals surface area contributed by atoms with Crippen molar-refractivity contribution in [2.75, 3.05) is 0 Å². The van der Waals surface area contributed by atoms with Crippen molar-refractivity contribution in [1.29, 1.82) is 0 Å². The van der Waals surface area contributed by atoms with Crippen LogP contribution in [0.25, 0.3) is 0 Å².